The van der Waals surface area contributed by atoms with Crippen molar-refractivity contribution in [3.63, 3.8) is 0 Å². The first-order chi connectivity index (χ1) is 9.99. The maximum Gasteiger partial charge on any atom is 0.243 e. The fourth-order valence-electron chi connectivity index (χ4n) is 1.58. The van der Waals surface area contributed by atoms with Gasteiger partial charge >= 0.3 is 0 Å². The van der Waals surface area contributed by atoms with Crippen molar-refractivity contribution in [3.8, 4) is 0 Å². The number of thiophene rings is 1. The van der Waals surface area contributed by atoms with Crippen LogP contribution in [0, 0.1) is 11.6 Å². The highest BCUT2D eigenvalue weighted by atomic mass is 32.2. The number of benzene rings is 1. The first-order valence-electron chi connectivity index (χ1n) is 6.04. The monoisotopic (exact) mass is 349 g/mol. The van der Waals surface area contributed by atoms with Crippen LogP contribution in [-0.2, 0) is 15.8 Å². The fraction of sp³-hybridized carbons (Fsp3) is 0.231. The van der Waals surface area contributed by atoms with Gasteiger partial charge in [0.2, 0.25) is 10.0 Å². The average molecular weight is 349 g/mol. The van der Waals surface area contributed by atoms with Crippen LogP contribution in [0.25, 0.3) is 0 Å². The van der Waals surface area contributed by atoms with Crippen LogP contribution in [0.5, 0.6) is 0 Å². The summed E-state index contributed by atoms with van der Waals surface area (Å²) in [5.74, 6) is -0.402. The van der Waals surface area contributed by atoms with Gasteiger partial charge in [-0.2, -0.15) is 11.8 Å². The molecule has 0 aliphatic heterocycles. The van der Waals surface area contributed by atoms with Gasteiger partial charge in [0.25, 0.3) is 0 Å². The molecule has 0 unspecified atom stereocenters. The lowest BCUT2D eigenvalue weighted by atomic mass is 10.3. The summed E-state index contributed by atoms with van der Waals surface area (Å²) in [4.78, 5) is 0.546. The van der Waals surface area contributed by atoms with Gasteiger partial charge in [-0.1, -0.05) is 6.07 Å². The van der Waals surface area contributed by atoms with Crippen LogP contribution in [0.3, 0.4) is 0 Å². The summed E-state index contributed by atoms with van der Waals surface area (Å²) < 4.78 is 52.5. The Morgan fingerprint density at radius 3 is 2.76 bits per heavy atom. The smallest absolute Gasteiger partial charge is 0.210 e. The molecular weight excluding hydrogens is 336 g/mol. The largest absolute Gasteiger partial charge is 0.243 e. The minimum absolute atomic E-state index is 0.161. The topological polar surface area (TPSA) is 46.2 Å². The van der Waals surface area contributed by atoms with E-state index in [9.17, 15) is 17.2 Å². The molecule has 0 radical (unpaired) electrons. The third kappa shape index (κ3) is 4.77. The van der Waals surface area contributed by atoms with E-state index in [1.54, 1.807) is 23.1 Å². The number of halogens is 2. The Morgan fingerprint density at radius 2 is 2.05 bits per heavy atom. The van der Waals surface area contributed by atoms with Crippen LogP contribution >= 0.6 is 23.1 Å². The summed E-state index contributed by atoms with van der Waals surface area (Å²) in [5, 5.41) is 1.98. The molecule has 1 aromatic heterocycles. The molecule has 0 saturated carbocycles. The van der Waals surface area contributed by atoms with Gasteiger partial charge < -0.3 is 0 Å². The Bertz CT molecular complexity index is 687. The molecule has 21 heavy (non-hydrogen) atoms. The van der Waals surface area contributed by atoms with E-state index in [1.807, 2.05) is 17.5 Å². The van der Waals surface area contributed by atoms with Crippen molar-refractivity contribution in [2.24, 2.45) is 0 Å². The molecule has 3 nitrogen and oxygen atoms in total. The number of nitrogens with one attached hydrogen (secondary N) is 1. The second-order valence-electron chi connectivity index (χ2n) is 4.10. The van der Waals surface area contributed by atoms with Gasteiger partial charge in [-0.15, -0.1) is 11.3 Å². The minimum atomic E-state index is -4.02. The van der Waals surface area contributed by atoms with Gasteiger partial charge in [0.05, 0.1) is 0 Å². The fourth-order valence-corrected chi connectivity index (χ4v) is 4.52. The molecule has 114 valence electrons. The summed E-state index contributed by atoms with van der Waals surface area (Å²) in [5.41, 5.74) is 0. The van der Waals surface area contributed by atoms with Crippen LogP contribution in [0.15, 0.2) is 40.6 Å². The molecular formula is C13H13F2NO2S3. The Balaban J connectivity index is 1.85. The van der Waals surface area contributed by atoms with Gasteiger partial charge in [-0.3, -0.25) is 0 Å². The molecule has 8 heteroatoms. The quantitative estimate of drug-likeness (QED) is 0.781. The van der Waals surface area contributed by atoms with Crippen LogP contribution in [0.4, 0.5) is 8.78 Å². The van der Waals surface area contributed by atoms with E-state index in [-0.39, 0.29) is 6.54 Å². The molecule has 1 heterocycles. The third-order valence-corrected chi connectivity index (χ3v) is 6.09. The van der Waals surface area contributed by atoms with Crippen molar-refractivity contribution in [2.45, 2.75) is 10.6 Å². The zero-order valence-corrected chi connectivity index (χ0v) is 13.3. The number of thioether (sulfide) groups is 1. The Hall–Kier alpha value is -0.960. The zero-order valence-electron chi connectivity index (χ0n) is 10.9. The van der Waals surface area contributed by atoms with Gasteiger partial charge in [-0.05, 0) is 29.6 Å². The molecule has 0 spiro atoms. The third-order valence-electron chi connectivity index (χ3n) is 2.55. The molecule has 2 rings (SSSR count). The summed E-state index contributed by atoms with van der Waals surface area (Å²) in [6.45, 7) is 0.161. The minimum Gasteiger partial charge on any atom is -0.210 e. The highest BCUT2D eigenvalue weighted by molar-refractivity contribution is 7.98. The second kappa shape index (κ2) is 7.35. The number of hydrogen-bond donors (Lipinski definition) is 1. The summed E-state index contributed by atoms with van der Waals surface area (Å²) >= 11 is 3.21. The average Bonchev–Trinajstić information content (AvgIpc) is 2.94. The summed E-state index contributed by atoms with van der Waals surface area (Å²) in [6.07, 6.45) is 0. The van der Waals surface area contributed by atoms with Crippen LogP contribution in [-0.4, -0.2) is 20.7 Å². The highest BCUT2D eigenvalue weighted by Crippen LogP contribution is 2.18. The van der Waals surface area contributed by atoms with Crippen molar-refractivity contribution in [2.75, 3.05) is 12.3 Å². The second-order valence-corrected chi connectivity index (χ2v) is 7.98. The molecule has 0 aliphatic rings. The van der Waals surface area contributed by atoms with Crippen LogP contribution in [0.2, 0.25) is 0 Å². The van der Waals surface area contributed by atoms with Gasteiger partial charge in [0, 0.05) is 22.9 Å². The highest BCUT2D eigenvalue weighted by Gasteiger charge is 2.19. The maximum absolute atomic E-state index is 13.4. The van der Waals surface area contributed by atoms with Gasteiger partial charge in [0.15, 0.2) is 0 Å². The van der Waals surface area contributed by atoms with Crippen LogP contribution < -0.4 is 4.72 Å². The predicted molar refractivity (Wildman–Crippen MR) is 82.0 cm³/mol. The van der Waals surface area contributed by atoms with E-state index >= 15 is 0 Å². The first kappa shape index (κ1) is 16.4. The van der Waals surface area contributed by atoms with E-state index in [2.05, 4.69) is 4.72 Å². The Labute approximate surface area is 130 Å². The van der Waals surface area contributed by atoms with Crippen molar-refractivity contribution in [3.05, 3.63) is 52.2 Å². The molecule has 2 aromatic rings. The SMILES string of the molecule is O=S(=O)(NCCSCc1cccs1)c1cc(F)ccc1F. The zero-order chi connectivity index (χ0) is 15.3. The molecule has 0 saturated heterocycles. The maximum atomic E-state index is 13.4. The van der Waals surface area contributed by atoms with E-state index in [0.717, 1.165) is 17.9 Å². The number of rotatable bonds is 7. The van der Waals surface area contributed by atoms with E-state index in [4.69, 9.17) is 0 Å². The van der Waals surface area contributed by atoms with Crippen molar-refractivity contribution < 1.29 is 17.2 Å². The molecule has 0 atom stereocenters. The molecule has 0 aliphatic carbocycles. The normalized spacial score (nSPS) is 11.7. The van der Waals surface area contributed by atoms with Gasteiger partial charge in [-0.25, -0.2) is 21.9 Å². The van der Waals surface area contributed by atoms with Crippen molar-refractivity contribution in [1.29, 1.82) is 0 Å². The summed E-state index contributed by atoms with van der Waals surface area (Å²) in [6, 6.07) is 6.32. The standard InChI is InChI=1S/C13H13F2NO2S3/c14-10-3-4-12(15)13(8-10)21(17,18)16-5-7-19-9-11-2-1-6-20-11/h1-4,6,8,16H,5,7,9H2. The van der Waals surface area contributed by atoms with E-state index in [1.165, 1.54) is 4.88 Å². The lowest BCUT2D eigenvalue weighted by Gasteiger charge is -2.07. The molecule has 0 fully saturated rings. The molecule has 1 N–H and O–H groups in total. The predicted octanol–water partition coefficient (Wildman–Crippen LogP) is 3.24. The lowest BCUT2D eigenvalue weighted by Crippen LogP contribution is -2.27. The van der Waals surface area contributed by atoms with E-state index < -0.39 is 26.6 Å². The first-order valence-corrected chi connectivity index (χ1v) is 9.55. The van der Waals surface area contributed by atoms with Gasteiger partial charge in [0.1, 0.15) is 16.5 Å². The van der Waals surface area contributed by atoms with Crippen LogP contribution in [0.1, 0.15) is 4.88 Å². The lowest BCUT2D eigenvalue weighted by molar-refractivity contribution is 0.547. The Kier molecular flexibility index (Phi) is 5.74. The van der Waals surface area contributed by atoms with E-state index in [0.29, 0.717) is 11.8 Å². The number of hydrogen-bond acceptors (Lipinski definition) is 4. The molecule has 1 aromatic carbocycles. The number of sulfonamides is 1. The van der Waals surface area contributed by atoms with Crippen molar-refractivity contribution in [1.82, 2.24) is 4.72 Å². The van der Waals surface area contributed by atoms with Crippen molar-refractivity contribution >= 4 is 33.1 Å². The summed E-state index contributed by atoms with van der Waals surface area (Å²) in [7, 11) is -4.02. The molecule has 0 bridgehead atoms. The molecule has 0 amide bonds. The Morgan fingerprint density at radius 1 is 1.24 bits per heavy atom.